The molecule has 9 rings (SSSR count). The van der Waals surface area contributed by atoms with E-state index in [2.05, 4.69) is 8.83 Å². The molecule has 1 saturated heterocycles. The average Bonchev–Trinajstić information content (AvgIpc) is 2.73. The molecule has 1 aliphatic heterocycles. The highest BCUT2D eigenvalue weighted by atomic mass is 32.2. The van der Waals surface area contributed by atoms with Gasteiger partial charge in [-0.05, 0) is 125 Å². The number of hydrazine groups is 1. The molecule has 9 fully saturated rings. The lowest BCUT2D eigenvalue weighted by Crippen LogP contribution is -2.52. The van der Waals surface area contributed by atoms with Crippen LogP contribution in [0.1, 0.15) is 89.9 Å². The fourth-order valence-corrected chi connectivity index (χ4v) is 12.3. The van der Waals surface area contributed by atoms with Gasteiger partial charge in [0, 0.05) is 47.8 Å². The van der Waals surface area contributed by atoms with Crippen LogP contribution in [0.4, 0.5) is 0 Å². The molecule has 0 unspecified atom stereocenters. The Morgan fingerprint density at radius 2 is 0.812 bits per heavy atom. The number of rotatable bonds is 4. The molecule has 0 aromatic heterocycles. The third kappa shape index (κ3) is 3.48. The SMILES string of the molecule is O=C(SN1CCCCN1SC(=O)C12CC3CC(CC(C3)C1)C2)C12CC3CC(CC(C3)C1)C2. The number of carbonyl (C=O) groups excluding carboxylic acids is 2. The lowest BCUT2D eigenvalue weighted by Gasteiger charge is -2.56. The van der Waals surface area contributed by atoms with Crippen molar-refractivity contribution in [3.05, 3.63) is 0 Å². The standard InChI is InChI=1S/C26H38N2O2S2/c29-23(25-11-17-5-18(12-25)7-19(6-17)13-25)31-27-3-1-2-4-28(27)32-24(30)26-14-20-8-21(15-26)10-22(9-20)16-26/h17-22H,1-16H2. The third-order valence-electron chi connectivity index (χ3n) is 10.5. The zero-order chi connectivity index (χ0) is 21.5. The summed E-state index contributed by atoms with van der Waals surface area (Å²) in [4.78, 5) is 27.4. The Kier molecular flexibility index (Phi) is 5.14. The Bertz CT molecular complexity index is 677. The van der Waals surface area contributed by atoms with Crippen LogP contribution < -0.4 is 0 Å². The second kappa shape index (κ2) is 7.73. The largest absolute Gasteiger partial charge is 0.285 e. The first-order valence-corrected chi connectivity index (χ1v) is 15.0. The van der Waals surface area contributed by atoms with Gasteiger partial charge in [0.25, 0.3) is 0 Å². The second-order valence-electron chi connectivity index (χ2n) is 13.0. The first-order valence-electron chi connectivity index (χ1n) is 13.5. The zero-order valence-corrected chi connectivity index (χ0v) is 20.9. The summed E-state index contributed by atoms with van der Waals surface area (Å²) < 4.78 is 4.40. The summed E-state index contributed by atoms with van der Waals surface area (Å²) in [6.07, 6.45) is 17.3. The third-order valence-corrected chi connectivity index (χ3v) is 13.0. The molecule has 32 heavy (non-hydrogen) atoms. The summed E-state index contributed by atoms with van der Waals surface area (Å²) in [7, 11) is 0. The maximum absolute atomic E-state index is 13.7. The molecule has 8 saturated carbocycles. The normalized spacial score (nSPS) is 49.6. The second-order valence-corrected chi connectivity index (χ2v) is 15.0. The van der Waals surface area contributed by atoms with E-state index in [1.54, 1.807) is 0 Å². The van der Waals surface area contributed by atoms with Crippen molar-refractivity contribution >= 4 is 34.1 Å². The summed E-state index contributed by atoms with van der Waals surface area (Å²) in [6, 6.07) is 0. The quantitative estimate of drug-likeness (QED) is 0.460. The van der Waals surface area contributed by atoms with E-state index in [0.29, 0.717) is 10.2 Å². The Labute approximate surface area is 201 Å². The van der Waals surface area contributed by atoms with Crippen molar-refractivity contribution in [3.8, 4) is 0 Å². The van der Waals surface area contributed by atoms with Gasteiger partial charge in [-0.1, -0.05) is 0 Å². The summed E-state index contributed by atoms with van der Waals surface area (Å²) in [5.41, 5.74) is -0.117. The average molecular weight is 475 g/mol. The summed E-state index contributed by atoms with van der Waals surface area (Å²) in [5.74, 6) is 4.81. The topological polar surface area (TPSA) is 40.6 Å². The van der Waals surface area contributed by atoms with E-state index < -0.39 is 0 Å². The van der Waals surface area contributed by atoms with Gasteiger partial charge in [0.1, 0.15) is 0 Å². The minimum atomic E-state index is -0.0584. The molecule has 0 aromatic rings. The highest BCUT2D eigenvalue weighted by molar-refractivity contribution is 8.14. The minimum Gasteiger partial charge on any atom is -0.285 e. The van der Waals surface area contributed by atoms with Gasteiger partial charge in [-0.15, -0.1) is 0 Å². The van der Waals surface area contributed by atoms with Crippen LogP contribution in [0, 0.1) is 46.3 Å². The van der Waals surface area contributed by atoms with Crippen molar-refractivity contribution in [1.82, 2.24) is 8.83 Å². The molecule has 9 aliphatic rings. The van der Waals surface area contributed by atoms with Gasteiger partial charge in [0.2, 0.25) is 10.2 Å². The van der Waals surface area contributed by atoms with Gasteiger partial charge in [-0.3, -0.25) is 9.59 Å². The maximum atomic E-state index is 13.7. The first kappa shape index (κ1) is 21.3. The predicted octanol–water partition coefficient (Wildman–Crippen LogP) is 6.08. The van der Waals surface area contributed by atoms with Crippen molar-refractivity contribution in [2.75, 3.05) is 13.1 Å². The maximum Gasteiger partial charge on any atom is 0.211 e. The molecule has 0 amide bonds. The van der Waals surface area contributed by atoms with E-state index >= 15 is 0 Å². The van der Waals surface area contributed by atoms with E-state index in [1.165, 1.54) is 62.4 Å². The van der Waals surface area contributed by atoms with Crippen LogP contribution in [-0.4, -0.2) is 32.1 Å². The fourth-order valence-electron chi connectivity index (χ4n) is 10.0. The van der Waals surface area contributed by atoms with E-state index in [9.17, 15) is 9.59 Å². The molecular formula is C26H38N2O2S2. The van der Waals surface area contributed by atoms with Crippen molar-refractivity contribution < 1.29 is 9.59 Å². The van der Waals surface area contributed by atoms with Gasteiger partial charge >= 0.3 is 0 Å². The van der Waals surface area contributed by atoms with Crippen LogP contribution in [0.2, 0.25) is 0 Å². The van der Waals surface area contributed by atoms with Crippen LogP contribution in [0.3, 0.4) is 0 Å². The highest BCUT2D eigenvalue weighted by Crippen LogP contribution is 2.63. The van der Waals surface area contributed by atoms with Crippen LogP contribution in [0.25, 0.3) is 0 Å². The summed E-state index contributed by atoms with van der Waals surface area (Å²) in [6.45, 7) is 1.81. The molecule has 0 N–H and O–H groups in total. The summed E-state index contributed by atoms with van der Waals surface area (Å²) in [5, 5.41) is 0.845. The molecular weight excluding hydrogens is 436 g/mol. The number of nitrogens with zero attached hydrogens (tertiary/aromatic N) is 2. The fraction of sp³-hybridized carbons (Fsp3) is 0.923. The van der Waals surface area contributed by atoms with Gasteiger partial charge in [0.15, 0.2) is 0 Å². The minimum absolute atomic E-state index is 0.0584. The molecule has 176 valence electrons. The van der Waals surface area contributed by atoms with Crippen LogP contribution in [0.5, 0.6) is 0 Å². The molecule has 8 aliphatic carbocycles. The Morgan fingerprint density at radius 3 is 1.09 bits per heavy atom. The number of hydrogen-bond donors (Lipinski definition) is 0. The number of carbonyl (C=O) groups is 2. The number of hydrogen-bond acceptors (Lipinski definition) is 6. The monoisotopic (exact) mass is 474 g/mol. The van der Waals surface area contributed by atoms with Crippen LogP contribution in [-0.2, 0) is 9.59 Å². The van der Waals surface area contributed by atoms with Crippen LogP contribution in [0.15, 0.2) is 0 Å². The molecule has 6 heteroatoms. The van der Waals surface area contributed by atoms with E-state index in [0.717, 1.165) is 100.0 Å². The smallest absolute Gasteiger partial charge is 0.211 e. The van der Waals surface area contributed by atoms with Crippen molar-refractivity contribution in [2.24, 2.45) is 46.3 Å². The predicted molar refractivity (Wildman–Crippen MR) is 129 cm³/mol. The molecule has 0 spiro atoms. The van der Waals surface area contributed by atoms with E-state index in [-0.39, 0.29) is 10.8 Å². The Hall–Kier alpha value is -0.0400. The molecule has 1 heterocycles. The molecule has 4 nitrogen and oxygen atoms in total. The van der Waals surface area contributed by atoms with Gasteiger partial charge in [-0.25, -0.2) is 0 Å². The molecule has 8 bridgehead atoms. The first-order chi connectivity index (χ1) is 15.5. The van der Waals surface area contributed by atoms with Crippen molar-refractivity contribution in [1.29, 1.82) is 0 Å². The zero-order valence-electron chi connectivity index (χ0n) is 19.3. The Morgan fingerprint density at radius 1 is 0.531 bits per heavy atom. The Balaban J connectivity index is 1.05. The lowest BCUT2D eigenvalue weighted by molar-refractivity contribution is -0.135. The van der Waals surface area contributed by atoms with Gasteiger partial charge in [-0.2, -0.15) is 8.83 Å². The summed E-state index contributed by atoms with van der Waals surface area (Å²) >= 11 is 2.97. The highest BCUT2D eigenvalue weighted by Gasteiger charge is 2.57. The van der Waals surface area contributed by atoms with Crippen molar-refractivity contribution in [3.63, 3.8) is 0 Å². The lowest BCUT2D eigenvalue weighted by atomic mass is 9.50. The molecule has 0 aromatic carbocycles. The van der Waals surface area contributed by atoms with Crippen molar-refractivity contribution in [2.45, 2.75) is 89.9 Å². The van der Waals surface area contributed by atoms with E-state index in [1.807, 2.05) is 0 Å². The molecule has 0 radical (unpaired) electrons. The van der Waals surface area contributed by atoms with Crippen LogP contribution >= 0.6 is 23.9 Å². The molecule has 0 atom stereocenters. The van der Waals surface area contributed by atoms with Gasteiger partial charge < -0.3 is 0 Å². The van der Waals surface area contributed by atoms with Gasteiger partial charge in [0.05, 0.1) is 0 Å². The van der Waals surface area contributed by atoms with E-state index in [4.69, 9.17) is 0 Å².